The Labute approximate surface area is 121 Å². The molecule has 1 aromatic carbocycles. The van der Waals surface area contributed by atoms with Crippen molar-refractivity contribution >= 4 is 32.7 Å². The maximum absolute atomic E-state index is 9.98. The molecule has 2 aromatic rings. The third kappa shape index (κ3) is 2.90. The summed E-state index contributed by atoms with van der Waals surface area (Å²) in [6.45, 7) is 0. The van der Waals surface area contributed by atoms with E-state index in [0.29, 0.717) is 0 Å². The molecule has 0 amide bonds. The predicted octanol–water partition coefficient (Wildman–Crippen LogP) is 3.71. The van der Waals surface area contributed by atoms with Crippen molar-refractivity contribution in [2.24, 2.45) is 0 Å². The van der Waals surface area contributed by atoms with Crippen LogP contribution in [-0.4, -0.2) is 22.2 Å². The predicted molar refractivity (Wildman–Crippen MR) is 81.3 cm³/mol. The van der Waals surface area contributed by atoms with Crippen LogP contribution in [-0.2, 0) is 0 Å². The van der Waals surface area contributed by atoms with Crippen molar-refractivity contribution < 1.29 is 5.11 Å². The van der Waals surface area contributed by atoms with Crippen LogP contribution in [0.3, 0.4) is 0 Å². The number of hydrogen-bond acceptors (Lipinski definition) is 3. The minimum atomic E-state index is -0.254. The molecular formula is C15H17BrN2O. The van der Waals surface area contributed by atoms with E-state index in [1.54, 1.807) is 0 Å². The van der Waals surface area contributed by atoms with Crippen LogP contribution >= 0.6 is 15.9 Å². The number of benzene rings is 1. The number of anilines is 1. The van der Waals surface area contributed by atoms with E-state index >= 15 is 0 Å². The minimum Gasteiger partial charge on any atom is -0.391 e. The van der Waals surface area contributed by atoms with Gasteiger partial charge in [-0.1, -0.05) is 28.8 Å². The molecule has 3 nitrogen and oxygen atoms in total. The van der Waals surface area contributed by atoms with Gasteiger partial charge in [0.05, 0.1) is 17.7 Å². The molecule has 4 heteroatoms. The van der Waals surface area contributed by atoms with Gasteiger partial charge in [0.25, 0.3) is 0 Å². The van der Waals surface area contributed by atoms with Crippen molar-refractivity contribution in [3.05, 3.63) is 34.8 Å². The van der Waals surface area contributed by atoms with Crippen LogP contribution in [0.1, 0.15) is 25.7 Å². The van der Waals surface area contributed by atoms with Gasteiger partial charge in [-0.05, 0) is 43.2 Å². The molecular weight excluding hydrogens is 304 g/mol. The number of hydrogen-bond donors (Lipinski definition) is 2. The Hall–Kier alpha value is -1.13. The number of fused-ring (bicyclic) bond motifs is 1. The molecule has 1 aliphatic carbocycles. The van der Waals surface area contributed by atoms with Crippen LogP contribution in [0.25, 0.3) is 10.9 Å². The number of nitrogens with one attached hydrogen (secondary N) is 1. The van der Waals surface area contributed by atoms with Crippen molar-refractivity contribution in [1.29, 1.82) is 0 Å². The summed E-state index contributed by atoms with van der Waals surface area (Å²) in [5, 5.41) is 14.5. The van der Waals surface area contributed by atoms with E-state index in [2.05, 4.69) is 38.4 Å². The molecule has 1 saturated carbocycles. The molecule has 0 aliphatic heterocycles. The van der Waals surface area contributed by atoms with Crippen molar-refractivity contribution in [1.82, 2.24) is 4.98 Å². The Bertz CT molecular complexity index is 587. The van der Waals surface area contributed by atoms with Crippen LogP contribution in [0.15, 0.2) is 34.8 Å². The van der Waals surface area contributed by atoms with Crippen LogP contribution in [0, 0.1) is 0 Å². The second-order valence-electron chi connectivity index (χ2n) is 5.14. The summed E-state index contributed by atoms with van der Waals surface area (Å²) in [6, 6.07) is 10.2. The number of pyridine rings is 1. The fourth-order valence-corrected chi connectivity index (χ4v) is 3.03. The maximum atomic E-state index is 9.98. The lowest BCUT2D eigenvalue weighted by molar-refractivity contribution is 0.116. The summed E-state index contributed by atoms with van der Waals surface area (Å²) in [5.74, 6) is 0.848. The first-order valence-electron chi connectivity index (χ1n) is 6.73. The molecule has 0 spiro atoms. The molecule has 19 heavy (non-hydrogen) atoms. The summed E-state index contributed by atoms with van der Waals surface area (Å²) in [7, 11) is 0. The zero-order chi connectivity index (χ0) is 13.2. The van der Waals surface area contributed by atoms with Gasteiger partial charge < -0.3 is 10.4 Å². The topological polar surface area (TPSA) is 45.1 Å². The summed E-state index contributed by atoms with van der Waals surface area (Å²) in [4.78, 5) is 4.60. The van der Waals surface area contributed by atoms with Gasteiger partial charge in [0.15, 0.2) is 0 Å². The normalized spacial score (nSPS) is 23.5. The Kier molecular flexibility index (Phi) is 3.71. The largest absolute Gasteiger partial charge is 0.391 e. The molecule has 0 radical (unpaired) electrons. The molecule has 1 aromatic heterocycles. The van der Waals surface area contributed by atoms with Crippen molar-refractivity contribution in [3.63, 3.8) is 0 Å². The number of aromatic nitrogens is 1. The summed E-state index contributed by atoms with van der Waals surface area (Å²) < 4.78 is 1.06. The van der Waals surface area contributed by atoms with E-state index < -0.39 is 0 Å². The molecule has 3 rings (SSSR count). The molecule has 1 heterocycles. The SMILES string of the molecule is O[C@H]1CCCC[C@@H]1Nc1ccc2cc(Br)ccc2n1. The minimum absolute atomic E-state index is 0.133. The van der Waals surface area contributed by atoms with Crippen LogP contribution < -0.4 is 5.32 Å². The summed E-state index contributed by atoms with van der Waals surface area (Å²) in [6.07, 6.45) is 3.95. The molecule has 0 bridgehead atoms. The average Bonchev–Trinajstić information content (AvgIpc) is 2.41. The quantitative estimate of drug-likeness (QED) is 0.886. The van der Waals surface area contributed by atoms with Crippen LogP contribution in [0.5, 0.6) is 0 Å². The van der Waals surface area contributed by atoms with E-state index in [1.165, 1.54) is 6.42 Å². The Balaban J connectivity index is 1.83. The Morgan fingerprint density at radius 2 is 2.00 bits per heavy atom. The van der Waals surface area contributed by atoms with Crippen molar-refractivity contribution in [2.75, 3.05) is 5.32 Å². The van der Waals surface area contributed by atoms with Gasteiger partial charge in [-0.2, -0.15) is 0 Å². The molecule has 0 unspecified atom stereocenters. The standard InChI is InChI=1S/C15H17BrN2O/c16-11-6-7-12-10(9-11)5-8-15(17-12)18-13-3-1-2-4-14(13)19/h5-9,13-14,19H,1-4H2,(H,17,18)/t13-,14-/m0/s1. The van der Waals surface area contributed by atoms with Gasteiger partial charge >= 0.3 is 0 Å². The molecule has 1 aliphatic rings. The van der Waals surface area contributed by atoms with Crippen molar-refractivity contribution in [2.45, 2.75) is 37.8 Å². The lowest BCUT2D eigenvalue weighted by Gasteiger charge is -2.28. The molecule has 2 atom stereocenters. The number of halogens is 1. The van der Waals surface area contributed by atoms with Gasteiger partial charge in [0.2, 0.25) is 0 Å². The molecule has 100 valence electrons. The summed E-state index contributed by atoms with van der Waals surface area (Å²) >= 11 is 3.46. The number of aliphatic hydroxyl groups is 1. The highest BCUT2D eigenvalue weighted by atomic mass is 79.9. The van der Waals surface area contributed by atoms with E-state index in [9.17, 15) is 5.11 Å². The zero-order valence-corrected chi connectivity index (χ0v) is 12.2. The Morgan fingerprint density at radius 3 is 2.84 bits per heavy atom. The van der Waals surface area contributed by atoms with Gasteiger partial charge in [-0.15, -0.1) is 0 Å². The monoisotopic (exact) mass is 320 g/mol. The lowest BCUT2D eigenvalue weighted by Crippen LogP contribution is -2.36. The van der Waals surface area contributed by atoms with Crippen LogP contribution in [0.2, 0.25) is 0 Å². The molecule has 1 fully saturated rings. The van der Waals surface area contributed by atoms with Gasteiger partial charge in [0.1, 0.15) is 5.82 Å². The third-order valence-corrected chi connectivity index (χ3v) is 4.21. The van der Waals surface area contributed by atoms with Gasteiger partial charge in [-0.3, -0.25) is 0 Å². The van der Waals surface area contributed by atoms with Gasteiger partial charge in [0, 0.05) is 9.86 Å². The highest BCUT2D eigenvalue weighted by molar-refractivity contribution is 9.10. The fourth-order valence-electron chi connectivity index (χ4n) is 2.65. The smallest absolute Gasteiger partial charge is 0.126 e. The zero-order valence-electron chi connectivity index (χ0n) is 10.6. The van der Waals surface area contributed by atoms with Crippen molar-refractivity contribution in [3.8, 4) is 0 Å². The van der Waals surface area contributed by atoms with E-state index in [0.717, 1.165) is 40.5 Å². The number of rotatable bonds is 2. The highest BCUT2D eigenvalue weighted by Gasteiger charge is 2.22. The Morgan fingerprint density at radius 1 is 1.16 bits per heavy atom. The molecule has 0 saturated heterocycles. The van der Waals surface area contributed by atoms with E-state index in [-0.39, 0.29) is 12.1 Å². The number of aliphatic hydroxyl groups excluding tert-OH is 1. The average molecular weight is 321 g/mol. The third-order valence-electron chi connectivity index (χ3n) is 3.71. The first-order chi connectivity index (χ1) is 9.22. The molecule has 2 N–H and O–H groups in total. The van der Waals surface area contributed by atoms with Crippen LogP contribution in [0.4, 0.5) is 5.82 Å². The lowest BCUT2D eigenvalue weighted by atomic mass is 9.92. The van der Waals surface area contributed by atoms with E-state index in [4.69, 9.17) is 0 Å². The fraction of sp³-hybridized carbons (Fsp3) is 0.400. The van der Waals surface area contributed by atoms with Gasteiger partial charge in [-0.25, -0.2) is 4.98 Å². The number of nitrogens with zero attached hydrogens (tertiary/aromatic N) is 1. The maximum Gasteiger partial charge on any atom is 0.126 e. The second-order valence-corrected chi connectivity index (χ2v) is 6.05. The van der Waals surface area contributed by atoms with E-state index in [1.807, 2.05) is 18.2 Å². The summed E-state index contributed by atoms with van der Waals surface area (Å²) in [5.41, 5.74) is 0.971. The first kappa shape index (κ1) is 12.9. The highest BCUT2D eigenvalue weighted by Crippen LogP contribution is 2.24. The second kappa shape index (κ2) is 5.47. The first-order valence-corrected chi connectivity index (χ1v) is 7.52.